The second-order valence-corrected chi connectivity index (χ2v) is 4.82. The van der Waals surface area contributed by atoms with E-state index in [4.69, 9.17) is 5.73 Å². The summed E-state index contributed by atoms with van der Waals surface area (Å²) < 4.78 is 16.7. The number of halogens is 1. The lowest BCUT2D eigenvalue weighted by molar-refractivity contribution is 0.470. The van der Waals surface area contributed by atoms with Crippen LogP contribution < -0.4 is 11.3 Å². The second-order valence-electron chi connectivity index (χ2n) is 4.82. The molecule has 0 aliphatic carbocycles. The molecular weight excluding hydrogens is 257 g/mol. The quantitative estimate of drug-likeness (QED) is 0.912. The smallest absolute Gasteiger partial charge is 0.290 e. The van der Waals surface area contributed by atoms with Gasteiger partial charge in [0.05, 0.1) is 12.2 Å². The third-order valence-electron chi connectivity index (χ3n) is 3.39. The van der Waals surface area contributed by atoms with Gasteiger partial charge in [0.2, 0.25) is 0 Å². The van der Waals surface area contributed by atoms with Crippen LogP contribution in [0.3, 0.4) is 0 Å². The third-order valence-corrected chi connectivity index (χ3v) is 3.39. The molecule has 0 saturated heterocycles. The lowest BCUT2D eigenvalue weighted by atomic mass is 10.2. The molecule has 2 N–H and O–H groups in total. The summed E-state index contributed by atoms with van der Waals surface area (Å²) in [6, 6.07) is 6.28. The van der Waals surface area contributed by atoms with Crippen LogP contribution in [-0.4, -0.2) is 9.36 Å². The molecule has 0 fully saturated rings. The molecule has 1 aromatic heterocycles. The average Bonchev–Trinajstić information content (AvgIpc) is 2.64. The monoisotopic (exact) mass is 277 g/mol. The predicted molar refractivity (Wildman–Crippen MR) is 78.3 cm³/mol. The van der Waals surface area contributed by atoms with E-state index in [1.807, 2.05) is 18.5 Å². The lowest BCUT2D eigenvalue weighted by Crippen LogP contribution is -2.24. The minimum Gasteiger partial charge on any atom is -0.393 e. The normalized spacial score (nSPS) is 10.9. The summed E-state index contributed by atoms with van der Waals surface area (Å²) >= 11 is 0. The first-order valence-corrected chi connectivity index (χ1v) is 6.90. The van der Waals surface area contributed by atoms with E-state index >= 15 is 0 Å². The number of rotatable bonds is 5. The van der Waals surface area contributed by atoms with Crippen molar-refractivity contribution in [2.45, 2.75) is 39.8 Å². The van der Waals surface area contributed by atoms with Gasteiger partial charge in [-0.15, -0.1) is 0 Å². The van der Waals surface area contributed by atoms with Gasteiger partial charge in [0.25, 0.3) is 5.56 Å². The third kappa shape index (κ3) is 2.61. The summed E-state index contributed by atoms with van der Waals surface area (Å²) in [5.74, 6) is -0.299. The molecule has 0 amide bonds. The fraction of sp³-hybridized carbons (Fsp3) is 0.400. The Morgan fingerprint density at radius 3 is 2.60 bits per heavy atom. The molecule has 4 nitrogen and oxygen atoms in total. The molecule has 0 aliphatic rings. The van der Waals surface area contributed by atoms with E-state index in [2.05, 4.69) is 0 Å². The van der Waals surface area contributed by atoms with Crippen molar-refractivity contribution in [1.29, 1.82) is 0 Å². The Morgan fingerprint density at radius 1 is 1.25 bits per heavy atom. The van der Waals surface area contributed by atoms with Crippen LogP contribution in [0.4, 0.5) is 10.1 Å². The zero-order chi connectivity index (χ0) is 14.7. The highest BCUT2D eigenvalue weighted by molar-refractivity contribution is 5.42. The molecule has 0 unspecified atom stereocenters. The summed E-state index contributed by atoms with van der Waals surface area (Å²) in [5, 5.41) is 0. The Morgan fingerprint density at radius 2 is 2.00 bits per heavy atom. The summed E-state index contributed by atoms with van der Waals surface area (Å²) in [6.07, 6.45) is 1.69. The van der Waals surface area contributed by atoms with Crippen LogP contribution in [0.15, 0.2) is 29.1 Å². The molecule has 1 aromatic carbocycles. The maximum Gasteiger partial charge on any atom is 0.290 e. The van der Waals surface area contributed by atoms with Gasteiger partial charge in [-0.2, -0.15) is 0 Å². The number of anilines is 1. The van der Waals surface area contributed by atoms with Gasteiger partial charge in [0, 0.05) is 6.54 Å². The predicted octanol–water partition coefficient (Wildman–Crippen LogP) is 2.39. The van der Waals surface area contributed by atoms with Crippen LogP contribution >= 0.6 is 0 Å². The minimum absolute atomic E-state index is 0.195. The first-order valence-electron chi connectivity index (χ1n) is 6.90. The van der Waals surface area contributed by atoms with Crippen molar-refractivity contribution in [2.75, 3.05) is 5.73 Å². The van der Waals surface area contributed by atoms with Crippen molar-refractivity contribution < 1.29 is 4.39 Å². The lowest BCUT2D eigenvalue weighted by Gasteiger charge is -2.12. The van der Waals surface area contributed by atoms with Crippen molar-refractivity contribution in [3.05, 3.63) is 51.7 Å². The van der Waals surface area contributed by atoms with Crippen LogP contribution in [0.1, 0.15) is 31.5 Å². The Balaban J connectivity index is 2.46. The number of benzene rings is 1. The average molecular weight is 277 g/mol. The highest BCUT2D eigenvalue weighted by atomic mass is 19.1. The molecule has 108 valence electrons. The second kappa shape index (κ2) is 5.94. The largest absolute Gasteiger partial charge is 0.393 e. The molecule has 5 heteroatoms. The molecule has 0 spiro atoms. The number of hydrogen-bond acceptors (Lipinski definition) is 2. The van der Waals surface area contributed by atoms with E-state index in [9.17, 15) is 9.18 Å². The molecule has 2 aromatic rings. The van der Waals surface area contributed by atoms with Crippen molar-refractivity contribution >= 4 is 5.69 Å². The van der Waals surface area contributed by atoms with Gasteiger partial charge in [0.15, 0.2) is 0 Å². The van der Waals surface area contributed by atoms with E-state index < -0.39 is 0 Å². The first-order chi connectivity index (χ1) is 9.58. The Hall–Kier alpha value is -2.04. The first kappa shape index (κ1) is 14.4. The molecule has 0 aliphatic heterocycles. The number of nitrogen functional groups attached to an aromatic ring is 1. The van der Waals surface area contributed by atoms with Crippen molar-refractivity contribution in [1.82, 2.24) is 9.36 Å². The standard InChI is InChI=1S/C15H20FN3O/c1-3-6-13-14(17)15(20)19(18(13)4-2)10-11-7-5-8-12(16)9-11/h5,7-9H,3-4,6,10,17H2,1-2H3. The molecule has 1 heterocycles. The fourth-order valence-electron chi connectivity index (χ4n) is 2.48. The van der Waals surface area contributed by atoms with Crippen LogP contribution in [0.2, 0.25) is 0 Å². The van der Waals surface area contributed by atoms with E-state index in [0.717, 1.165) is 24.1 Å². The van der Waals surface area contributed by atoms with E-state index in [-0.39, 0.29) is 11.4 Å². The van der Waals surface area contributed by atoms with Gasteiger partial charge in [-0.25, -0.2) is 9.07 Å². The molecule has 0 bridgehead atoms. The maximum absolute atomic E-state index is 13.2. The summed E-state index contributed by atoms with van der Waals surface area (Å²) in [7, 11) is 0. The topological polar surface area (TPSA) is 53.0 Å². The van der Waals surface area contributed by atoms with Gasteiger partial charge >= 0.3 is 0 Å². The highest BCUT2D eigenvalue weighted by Crippen LogP contribution is 2.13. The maximum atomic E-state index is 13.2. The summed E-state index contributed by atoms with van der Waals surface area (Å²) in [5.41, 5.74) is 7.66. The Labute approximate surface area is 117 Å². The molecule has 0 radical (unpaired) electrons. The number of nitrogens with zero attached hydrogens (tertiary/aromatic N) is 2. The minimum atomic E-state index is -0.299. The van der Waals surface area contributed by atoms with Crippen LogP contribution in [0, 0.1) is 5.82 Å². The zero-order valence-corrected chi connectivity index (χ0v) is 11.9. The zero-order valence-electron chi connectivity index (χ0n) is 11.9. The molecule has 20 heavy (non-hydrogen) atoms. The summed E-state index contributed by atoms with van der Waals surface area (Å²) in [4.78, 5) is 12.3. The highest BCUT2D eigenvalue weighted by Gasteiger charge is 2.16. The van der Waals surface area contributed by atoms with Gasteiger partial charge in [0.1, 0.15) is 11.5 Å². The van der Waals surface area contributed by atoms with Crippen LogP contribution in [0.5, 0.6) is 0 Å². The van der Waals surface area contributed by atoms with Gasteiger partial charge in [-0.05, 0) is 31.0 Å². The van der Waals surface area contributed by atoms with Crippen molar-refractivity contribution in [3.63, 3.8) is 0 Å². The van der Waals surface area contributed by atoms with Crippen LogP contribution in [0.25, 0.3) is 0 Å². The van der Waals surface area contributed by atoms with Gasteiger partial charge < -0.3 is 5.73 Å². The van der Waals surface area contributed by atoms with E-state index in [1.54, 1.807) is 16.8 Å². The van der Waals surface area contributed by atoms with Gasteiger partial charge in [-0.1, -0.05) is 25.5 Å². The van der Waals surface area contributed by atoms with Crippen molar-refractivity contribution in [2.24, 2.45) is 0 Å². The van der Waals surface area contributed by atoms with Crippen LogP contribution in [-0.2, 0) is 19.5 Å². The SMILES string of the molecule is CCCc1c(N)c(=O)n(Cc2cccc(F)c2)n1CC. The molecule has 2 rings (SSSR count). The van der Waals surface area contributed by atoms with Crippen molar-refractivity contribution in [3.8, 4) is 0 Å². The van der Waals surface area contributed by atoms with E-state index in [1.165, 1.54) is 12.1 Å². The number of aromatic nitrogens is 2. The van der Waals surface area contributed by atoms with E-state index in [0.29, 0.717) is 18.8 Å². The number of hydrogen-bond donors (Lipinski definition) is 1. The number of nitrogens with two attached hydrogens (primary N) is 1. The molecule has 0 saturated carbocycles. The summed E-state index contributed by atoms with van der Waals surface area (Å²) in [6.45, 7) is 5.02. The fourth-order valence-corrected chi connectivity index (χ4v) is 2.48. The van der Waals surface area contributed by atoms with Gasteiger partial charge in [-0.3, -0.25) is 9.48 Å². The Bertz CT molecular complexity index is 658. The molecular formula is C15H20FN3O. The molecule has 0 atom stereocenters. The Kier molecular flexibility index (Phi) is 4.27.